The van der Waals surface area contributed by atoms with Gasteiger partial charge in [0.15, 0.2) is 0 Å². The van der Waals surface area contributed by atoms with Gasteiger partial charge in [-0.25, -0.2) is 9.97 Å². The van der Waals surface area contributed by atoms with Gasteiger partial charge in [-0.1, -0.05) is 30.3 Å². The van der Waals surface area contributed by atoms with Gasteiger partial charge in [0.05, 0.1) is 17.3 Å². The Morgan fingerprint density at radius 1 is 1.03 bits per heavy atom. The van der Waals surface area contributed by atoms with E-state index in [9.17, 15) is 4.79 Å². The van der Waals surface area contributed by atoms with E-state index in [1.807, 2.05) is 41.3 Å². The van der Waals surface area contributed by atoms with Gasteiger partial charge in [0.1, 0.15) is 18.0 Å². The molecule has 1 aliphatic carbocycles. The van der Waals surface area contributed by atoms with Crippen LogP contribution in [-0.2, 0) is 10.2 Å². The molecule has 0 spiro atoms. The molecule has 3 aromatic heterocycles. The summed E-state index contributed by atoms with van der Waals surface area (Å²) in [6.45, 7) is 3.57. The Balaban J connectivity index is 0.956. The number of hydrogen-bond acceptors (Lipinski definition) is 5. The lowest BCUT2D eigenvalue weighted by molar-refractivity contribution is -0.135. The van der Waals surface area contributed by atoms with Crippen LogP contribution in [0.2, 0.25) is 0 Å². The molecule has 177 valence electrons. The topological polar surface area (TPSA) is 82.9 Å². The summed E-state index contributed by atoms with van der Waals surface area (Å²) < 4.78 is 2.00. The highest BCUT2D eigenvalue weighted by atomic mass is 16.2. The van der Waals surface area contributed by atoms with Gasteiger partial charge < -0.3 is 9.88 Å². The van der Waals surface area contributed by atoms with E-state index in [0.717, 1.165) is 74.2 Å². The van der Waals surface area contributed by atoms with Crippen molar-refractivity contribution in [2.75, 3.05) is 26.2 Å². The molecular formula is C27H28N7O. The van der Waals surface area contributed by atoms with Gasteiger partial charge >= 0.3 is 0 Å². The van der Waals surface area contributed by atoms with Gasteiger partial charge in [-0.2, -0.15) is 5.10 Å². The van der Waals surface area contributed by atoms with Crippen molar-refractivity contribution in [2.45, 2.75) is 37.1 Å². The second-order valence-corrected chi connectivity index (χ2v) is 10.1. The zero-order valence-electron chi connectivity index (χ0n) is 19.6. The molecule has 4 aromatic rings. The second kappa shape index (κ2) is 8.02. The highest BCUT2D eigenvalue weighted by molar-refractivity contribution is 5.91. The number of carbonyl (C=O) groups is 1. The molecule has 5 heterocycles. The number of nitrogens with zero attached hydrogens (tertiary/aromatic N) is 6. The molecule has 1 saturated carbocycles. The number of fused-ring (bicyclic) bond motifs is 1. The lowest BCUT2D eigenvalue weighted by Crippen LogP contribution is -2.57. The van der Waals surface area contributed by atoms with Crippen LogP contribution in [0.25, 0.3) is 22.3 Å². The first-order valence-electron chi connectivity index (χ1n) is 12.5. The summed E-state index contributed by atoms with van der Waals surface area (Å²) in [5.41, 5.74) is 3.68. The molecular weight excluding hydrogens is 438 g/mol. The van der Waals surface area contributed by atoms with Crippen LogP contribution >= 0.6 is 0 Å². The van der Waals surface area contributed by atoms with Crippen LogP contribution in [0.4, 0.5) is 0 Å². The van der Waals surface area contributed by atoms with E-state index < -0.39 is 0 Å². The number of likely N-dealkylation sites (tertiary alicyclic amines) is 2. The summed E-state index contributed by atoms with van der Waals surface area (Å²) in [4.78, 5) is 29.9. The van der Waals surface area contributed by atoms with Gasteiger partial charge in [-0.3, -0.25) is 14.4 Å². The van der Waals surface area contributed by atoms with Crippen molar-refractivity contribution >= 4 is 16.9 Å². The molecule has 1 amide bonds. The van der Waals surface area contributed by atoms with Crippen LogP contribution < -0.4 is 0 Å². The zero-order chi connectivity index (χ0) is 23.4. The fourth-order valence-electron chi connectivity index (χ4n) is 5.79. The van der Waals surface area contributed by atoms with E-state index in [-0.39, 0.29) is 5.41 Å². The van der Waals surface area contributed by atoms with Gasteiger partial charge in [0.2, 0.25) is 5.91 Å². The minimum atomic E-state index is -0.251. The summed E-state index contributed by atoms with van der Waals surface area (Å²) in [6.07, 6.45) is 11.5. The molecule has 3 aliphatic rings. The molecule has 7 rings (SSSR count). The van der Waals surface area contributed by atoms with Gasteiger partial charge in [-0.15, -0.1) is 0 Å². The largest absolute Gasteiger partial charge is 0.346 e. The first kappa shape index (κ1) is 20.8. The summed E-state index contributed by atoms with van der Waals surface area (Å²) in [5, 5.41) is 5.62. The van der Waals surface area contributed by atoms with E-state index in [4.69, 9.17) is 0 Å². The summed E-state index contributed by atoms with van der Waals surface area (Å²) >= 11 is 0. The minimum absolute atomic E-state index is 0.251. The van der Waals surface area contributed by atoms with Crippen LogP contribution in [0.3, 0.4) is 0 Å². The molecule has 2 saturated heterocycles. The van der Waals surface area contributed by atoms with Crippen molar-refractivity contribution in [2.24, 2.45) is 0 Å². The van der Waals surface area contributed by atoms with Crippen LogP contribution in [0.1, 0.15) is 31.2 Å². The highest BCUT2D eigenvalue weighted by Gasteiger charge is 2.53. The summed E-state index contributed by atoms with van der Waals surface area (Å²) in [7, 11) is 0. The lowest BCUT2D eigenvalue weighted by Gasteiger charge is -2.46. The van der Waals surface area contributed by atoms with Crippen molar-refractivity contribution in [1.82, 2.24) is 34.5 Å². The Hall–Kier alpha value is -3.52. The first-order valence-corrected chi connectivity index (χ1v) is 12.5. The van der Waals surface area contributed by atoms with Crippen molar-refractivity contribution in [3.63, 3.8) is 0 Å². The third-order valence-electron chi connectivity index (χ3n) is 8.06. The number of nitrogens with one attached hydrogen (secondary N) is 1. The number of H-pyrrole nitrogens is 1. The third-order valence-corrected chi connectivity index (χ3v) is 8.06. The number of aromatic nitrogens is 5. The molecule has 3 fully saturated rings. The molecule has 8 nitrogen and oxygen atoms in total. The maximum Gasteiger partial charge on any atom is 0.233 e. The van der Waals surface area contributed by atoms with Crippen molar-refractivity contribution in [3.8, 4) is 11.3 Å². The van der Waals surface area contributed by atoms with E-state index in [2.05, 4.69) is 48.2 Å². The van der Waals surface area contributed by atoms with Crippen LogP contribution in [0, 0.1) is 6.04 Å². The fraction of sp³-hybridized carbons (Fsp3) is 0.370. The Bertz CT molecular complexity index is 1360. The van der Waals surface area contributed by atoms with Crippen LogP contribution in [0.5, 0.6) is 0 Å². The van der Waals surface area contributed by atoms with Crippen molar-refractivity contribution < 1.29 is 4.79 Å². The minimum Gasteiger partial charge on any atom is -0.346 e. The molecule has 0 bridgehead atoms. The number of rotatable bonds is 5. The standard InChI is InChI=1S/C27H28N7O/c35-26(27(9-10-27)20-4-2-1-3-5-20)32-12-7-21(8-13-32)33-16-22(17-33)34-15-19(14-31-34)24-23-6-11-28-25(23)30-18-29-24/h1-6,11,14-15,18,21H,7-10,12-13,16-17H2,(H,28,29,30). The summed E-state index contributed by atoms with van der Waals surface area (Å²) in [6, 6.07) is 14.2. The molecule has 0 atom stereocenters. The fourth-order valence-corrected chi connectivity index (χ4v) is 5.79. The van der Waals surface area contributed by atoms with E-state index in [1.54, 1.807) is 6.33 Å². The van der Waals surface area contributed by atoms with E-state index in [1.165, 1.54) is 11.6 Å². The Morgan fingerprint density at radius 3 is 2.60 bits per heavy atom. The average Bonchev–Trinajstić information content (AvgIpc) is 3.30. The SMILES string of the molecule is O=C(N1CCC(N2C[C](n3cc(-c4ncnc5[nH]ccc45)cn3)C2)CC1)C1(c2ccccc2)CC1. The lowest BCUT2D eigenvalue weighted by atomic mass is 9.92. The molecule has 0 unspecified atom stereocenters. The number of carbonyl (C=O) groups excluding carboxylic acids is 1. The molecule has 35 heavy (non-hydrogen) atoms. The maximum atomic E-state index is 13.3. The number of amides is 1. The van der Waals surface area contributed by atoms with Crippen molar-refractivity contribution in [1.29, 1.82) is 0 Å². The Morgan fingerprint density at radius 2 is 1.83 bits per heavy atom. The zero-order valence-corrected chi connectivity index (χ0v) is 19.6. The molecule has 1 radical (unpaired) electrons. The normalized spacial score (nSPS) is 20.7. The quantitative estimate of drug-likeness (QED) is 0.488. The molecule has 1 aromatic carbocycles. The Labute approximate surface area is 204 Å². The highest BCUT2D eigenvalue weighted by Crippen LogP contribution is 2.50. The van der Waals surface area contributed by atoms with Crippen LogP contribution in [-0.4, -0.2) is 72.7 Å². The third kappa shape index (κ3) is 3.46. The van der Waals surface area contributed by atoms with E-state index >= 15 is 0 Å². The molecule has 2 aliphatic heterocycles. The van der Waals surface area contributed by atoms with Gasteiger partial charge in [0.25, 0.3) is 0 Å². The number of aromatic amines is 1. The van der Waals surface area contributed by atoms with Gasteiger partial charge in [-0.05, 0) is 37.3 Å². The van der Waals surface area contributed by atoms with E-state index in [0.29, 0.717) is 11.9 Å². The predicted octanol–water partition coefficient (Wildman–Crippen LogP) is 3.24. The predicted molar refractivity (Wildman–Crippen MR) is 132 cm³/mol. The average molecular weight is 467 g/mol. The maximum absolute atomic E-state index is 13.3. The number of hydrogen-bond donors (Lipinski definition) is 1. The number of benzene rings is 1. The monoisotopic (exact) mass is 466 g/mol. The van der Waals surface area contributed by atoms with Crippen LogP contribution in [0.15, 0.2) is 61.3 Å². The Kier molecular flexibility index (Phi) is 4.77. The molecule has 1 N–H and O–H groups in total. The second-order valence-electron chi connectivity index (χ2n) is 10.1. The summed E-state index contributed by atoms with van der Waals surface area (Å²) in [5.74, 6) is 0.336. The van der Waals surface area contributed by atoms with Gasteiger partial charge in [0, 0.05) is 55.6 Å². The first-order chi connectivity index (χ1) is 17.2. The van der Waals surface area contributed by atoms with Crippen molar-refractivity contribution in [3.05, 3.63) is 72.9 Å². The molecule has 8 heteroatoms. The smallest absolute Gasteiger partial charge is 0.233 e. The number of piperidine rings is 1.